The molecule has 0 saturated heterocycles. The minimum absolute atomic E-state index is 0.0693. The van der Waals surface area contributed by atoms with E-state index in [0.717, 1.165) is 18.6 Å². The number of rotatable bonds is 6. The number of hydrogen-bond donors (Lipinski definition) is 0. The summed E-state index contributed by atoms with van der Waals surface area (Å²) in [5.74, 6) is 0.758. The van der Waals surface area contributed by atoms with Gasteiger partial charge in [0.15, 0.2) is 11.5 Å². The molecule has 0 aromatic heterocycles. The van der Waals surface area contributed by atoms with Crippen LogP contribution in [0.1, 0.15) is 37.0 Å². The molecule has 0 N–H and O–H groups in total. The van der Waals surface area contributed by atoms with Crippen molar-refractivity contribution in [2.24, 2.45) is 0 Å². The van der Waals surface area contributed by atoms with Crippen LogP contribution < -0.4 is 9.47 Å². The van der Waals surface area contributed by atoms with Gasteiger partial charge in [0.05, 0.1) is 35.4 Å². The van der Waals surface area contributed by atoms with Gasteiger partial charge in [0.2, 0.25) is 0 Å². The number of benzene rings is 2. The lowest BCUT2D eigenvalue weighted by Crippen LogP contribution is -2.11. The molecule has 0 fully saturated rings. The molecule has 0 radical (unpaired) electrons. The van der Waals surface area contributed by atoms with Crippen LogP contribution in [0.3, 0.4) is 0 Å². The van der Waals surface area contributed by atoms with E-state index in [9.17, 15) is 18.4 Å². The van der Waals surface area contributed by atoms with Crippen molar-refractivity contribution in [1.29, 1.82) is 5.26 Å². The summed E-state index contributed by atoms with van der Waals surface area (Å²) in [7, 11) is 1.46. The SMILES string of the molecule is CC[C@H](C)Oc1c(Cl)cc(/C=C(/C#N)c2cccc(C(F)(F)F)c2)cc1OC. The monoisotopic (exact) mass is 409 g/mol. The van der Waals surface area contributed by atoms with E-state index in [2.05, 4.69) is 0 Å². The topological polar surface area (TPSA) is 42.2 Å². The third kappa shape index (κ3) is 5.20. The summed E-state index contributed by atoms with van der Waals surface area (Å²) in [5, 5.41) is 9.73. The van der Waals surface area contributed by atoms with Gasteiger partial charge in [-0.2, -0.15) is 18.4 Å². The third-order valence-corrected chi connectivity index (χ3v) is 4.36. The van der Waals surface area contributed by atoms with Crippen molar-refractivity contribution in [2.75, 3.05) is 7.11 Å². The maximum absolute atomic E-state index is 12.9. The number of halogens is 4. The predicted molar refractivity (Wildman–Crippen MR) is 103 cm³/mol. The fourth-order valence-electron chi connectivity index (χ4n) is 2.43. The van der Waals surface area contributed by atoms with Gasteiger partial charge in [0.25, 0.3) is 0 Å². The standard InChI is InChI=1S/C21H19ClF3NO2/c1-4-13(2)28-20-18(22)9-14(10-19(20)27-3)8-16(12-26)15-6-5-7-17(11-15)21(23,24)25/h5-11,13H,4H2,1-3H3/b16-8-/t13-/m0/s1. The Kier molecular flexibility index (Phi) is 6.98. The summed E-state index contributed by atoms with van der Waals surface area (Å²) in [4.78, 5) is 0. The van der Waals surface area contributed by atoms with Gasteiger partial charge < -0.3 is 9.47 Å². The van der Waals surface area contributed by atoms with Crippen LogP contribution in [0.4, 0.5) is 13.2 Å². The van der Waals surface area contributed by atoms with Gasteiger partial charge in [-0.05, 0) is 54.8 Å². The fourth-order valence-corrected chi connectivity index (χ4v) is 2.70. The lowest BCUT2D eigenvalue weighted by atomic mass is 10.0. The van der Waals surface area contributed by atoms with Gasteiger partial charge in [-0.15, -0.1) is 0 Å². The van der Waals surface area contributed by atoms with Crippen molar-refractivity contribution in [3.05, 3.63) is 58.1 Å². The predicted octanol–water partition coefficient (Wildman–Crippen LogP) is 6.61. The molecular weight excluding hydrogens is 391 g/mol. The highest BCUT2D eigenvalue weighted by Gasteiger charge is 2.30. The van der Waals surface area contributed by atoms with Crippen molar-refractivity contribution in [3.63, 3.8) is 0 Å². The summed E-state index contributed by atoms with van der Waals surface area (Å²) in [6, 6.07) is 9.74. The van der Waals surface area contributed by atoms with Gasteiger partial charge in [-0.25, -0.2) is 0 Å². The zero-order valence-corrected chi connectivity index (χ0v) is 16.4. The minimum Gasteiger partial charge on any atom is -0.493 e. The molecule has 0 saturated carbocycles. The van der Waals surface area contributed by atoms with Crippen LogP contribution in [0.25, 0.3) is 11.6 Å². The van der Waals surface area contributed by atoms with E-state index in [1.165, 1.54) is 25.3 Å². The first kappa shape index (κ1) is 21.6. The van der Waals surface area contributed by atoms with E-state index in [1.807, 2.05) is 19.9 Å². The van der Waals surface area contributed by atoms with Crippen molar-refractivity contribution in [1.82, 2.24) is 0 Å². The summed E-state index contributed by atoms with van der Waals surface area (Å²) in [6.07, 6.45) is -2.34. The Morgan fingerprint density at radius 3 is 2.57 bits per heavy atom. The first-order valence-corrected chi connectivity index (χ1v) is 8.91. The van der Waals surface area contributed by atoms with Gasteiger partial charge >= 0.3 is 6.18 Å². The Balaban J connectivity index is 2.48. The van der Waals surface area contributed by atoms with E-state index in [1.54, 1.807) is 12.1 Å². The average Bonchev–Trinajstić information content (AvgIpc) is 2.67. The van der Waals surface area contributed by atoms with Crippen LogP contribution in [0, 0.1) is 11.3 Å². The zero-order chi connectivity index (χ0) is 20.9. The van der Waals surface area contributed by atoms with E-state index in [-0.39, 0.29) is 22.3 Å². The molecule has 0 spiro atoms. The normalized spacial score (nSPS) is 13.0. The van der Waals surface area contributed by atoms with Crippen LogP contribution in [0.5, 0.6) is 11.5 Å². The summed E-state index contributed by atoms with van der Waals surface area (Å²) in [6.45, 7) is 3.86. The molecule has 7 heteroatoms. The van der Waals surface area contributed by atoms with Crippen molar-refractivity contribution in [2.45, 2.75) is 32.5 Å². The third-order valence-electron chi connectivity index (χ3n) is 4.08. The Bertz CT molecular complexity index is 917. The van der Waals surface area contributed by atoms with Crippen molar-refractivity contribution >= 4 is 23.3 Å². The largest absolute Gasteiger partial charge is 0.493 e. The van der Waals surface area contributed by atoms with E-state index >= 15 is 0 Å². The molecule has 0 aliphatic rings. The minimum atomic E-state index is -4.49. The lowest BCUT2D eigenvalue weighted by molar-refractivity contribution is -0.137. The van der Waals surface area contributed by atoms with Gasteiger partial charge in [0, 0.05) is 0 Å². The molecule has 2 aromatic carbocycles. The average molecular weight is 410 g/mol. The zero-order valence-electron chi connectivity index (χ0n) is 15.6. The highest BCUT2D eigenvalue weighted by Crippen LogP contribution is 2.38. The molecule has 28 heavy (non-hydrogen) atoms. The van der Waals surface area contributed by atoms with Crippen LogP contribution in [-0.2, 0) is 6.18 Å². The molecule has 0 aliphatic heterocycles. The second kappa shape index (κ2) is 9.03. The van der Waals surface area contributed by atoms with Crippen molar-refractivity contribution < 1.29 is 22.6 Å². The number of allylic oxidation sites excluding steroid dienone is 1. The molecule has 3 nitrogen and oxygen atoms in total. The van der Waals surface area contributed by atoms with E-state index in [4.69, 9.17) is 21.1 Å². The molecule has 148 valence electrons. The van der Waals surface area contributed by atoms with Crippen LogP contribution in [0.15, 0.2) is 36.4 Å². The van der Waals surface area contributed by atoms with Gasteiger partial charge in [-0.3, -0.25) is 0 Å². The number of alkyl halides is 3. The van der Waals surface area contributed by atoms with Crippen LogP contribution in [-0.4, -0.2) is 13.2 Å². The van der Waals surface area contributed by atoms with Crippen LogP contribution >= 0.6 is 11.6 Å². The fraction of sp³-hybridized carbons (Fsp3) is 0.286. The highest BCUT2D eigenvalue weighted by atomic mass is 35.5. The number of ether oxygens (including phenoxy) is 2. The molecule has 0 amide bonds. The number of nitrogens with zero attached hydrogens (tertiary/aromatic N) is 1. The molecule has 0 heterocycles. The Hall–Kier alpha value is -2.65. The lowest BCUT2D eigenvalue weighted by Gasteiger charge is -2.17. The van der Waals surface area contributed by atoms with Crippen molar-refractivity contribution in [3.8, 4) is 17.6 Å². The second-order valence-electron chi connectivity index (χ2n) is 6.12. The summed E-state index contributed by atoms with van der Waals surface area (Å²) >= 11 is 6.31. The maximum Gasteiger partial charge on any atom is 0.416 e. The second-order valence-corrected chi connectivity index (χ2v) is 6.53. The first-order chi connectivity index (χ1) is 13.2. The maximum atomic E-state index is 12.9. The summed E-state index contributed by atoms with van der Waals surface area (Å²) < 4.78 is 49.9. The number of methoxy groups -OCH3 is 1. The summed E-state index contributed by atoms with van der Waals surface area (Å²) in [5.41, 5.74) is -0.0847. The number of nitriles is 1. The Labute approximate surface area is 167 Å². The Morgan fingerprint density at radius 2 is 2.00 bits per heavy atom. The quantitative estimate of drug-likeness (QED) is 0.398. The molecule has 2 aromatic rings. The smallest absolute Gasteiger partial charge is 0.416 e. The molecule has 2 rings (SSSR count). The molecule has 0 aliphatic carbocycles. The number of hydrogen-bond acceptors (Lipinski definition) is 3. The Morgan fingerprint density at radius 1 is 1.29 bits per heavy atom. The first-order valence-electron chi connectivity index (χ1n) is 8.53. The molecule has 1 atom stereocenters. The highest BCUT2D eigenvalue weighted by molar-refractivity contribution is 6.32. The van der Waals surface area contributed by atoms with E-state index < -0.39 is 11.7 Å². The van der Waals surface area contributed by atoms with Gasteiger partial charge in [-0.1, -0.05) is 30.7 Å². The molecule has 0 bridgehead atoms. The van der Waals surface area contributed by atoms with Crippen LogP contribution in [0.2, 0.25) is 5.02 Å². The van der Waals surface area contributed by atoms with E-state index in [0.29, 0.717) is 17.1 Å². The van der Waals surface area contributed by atoms with Gasteiger partial charge in [0.1, 0.15) is 0 Å². The molecule has 0 unspecified atom stereocenters. The molecular formula is C21H19ClF3NO2.